The summed E-state index contributed by atoms with van der Waals surface area (Å²) in [7, 11) is 0. The molecule has 0 radical (unpaired) electrons. The smallest absolute Gasteiger partial charge is 0.331 e. The Bertz CT molecular complexity index is 1130. The van der Waals surface area contributed by atoms with E-state index in [2.05, 4.69) is 15.9 Å². The molecule has 0 amide bonds. The maximum Gasteiger partial charge on any atom is 0.331 e. The molecule has 5 atom stereocenters. The molecule has 2 aliphatic heterocycles. The van der Waals surface area contributed by atoms with Gasteiger partial charge in [-0.15, -0.1) is 0 Å². The lowest BCUT2D eigenvalue weighted by Gasteiger charge is -2.47. The van der Waals surface area contributed by atoms with Crippen LogP contribution < -0.4 is 0 Å². The van der Waals surface area contributed by atoms with E-state index in [9.17, 15) is 30.3 Å². The summed E-state index contributed by atoms with van der Waals surface area (Å²) < 4.78 is 17.5. The zero-order valence-electron chi connectivity index (χ0n) is 17.7. The highest BCUT2D eigenvalue weighted by molar-refractivity contribution is 9.10. The molecule has 2 heterocycles. The number of esters is 1. The second-order valence-corrected chi connectivity index (χ2v) is 8.73. The van der Waals surface area contributed by atoms with Gasteiger partial charge in [0.05, 0.1) is 18.8 Å². The topological polar surface area (TPSA) is 146 Å². The number of benzene rings is 2. The second-order valence-electron chi connectivity index (χ2n) is 7.87. The first-order valence-corrected chi connectivity index (χ1v) is 11.2. The summed E-state index contributed by atoms with van der Waals surface area (Å²) >= 11 is 3.42. The second kappa shape index (κ2) is 9.87. The fourth-order valence-corrected chi connectivity index (χ4v) is 4.52. The minimum atomic E-state index is -2.02. The highest BCUT2D eigenvalue weighted by Crippen LogP contribution is 2.50. The molecule has 2 aromatic carbocycles. The van der Waals surface area contributed by atoms with Gasteiger partial charge >= 0.3 is 5.97 Å². The number of phenols is 2. The molecule has 1 fully saturated rings. The molecule has 1 spiro atoms. The number of carbonyl (C=O) groups is 1. The molecule has 5 N–H and O–H groups in total. The molecule has 0 saturated carbocycles. The number of halogens is 1. The Hall–Kier alpha value is -2.73. The van der Waals surface area contributed by atoms with E-state index in [1.165, 1.54) is 12.1 Å². The Morgan fingerprint density at radius 2 is 1.97 bits per heavy atom. The van der Waals surface area contributed by atoms with Crippen molar-refractivity contribution in [1.82, 2.24) is 0 Å². The molecule has 2 aliphatic rings. The van der Waals surface area contributed by atoms with Crippen molar-refractivity contribution in [2.75, 3.05) is 6.61 Å². The van der Waals surface area contributed by atoms with Gasteiger partial charge < -0.3 is 39.7 Å². The number of allylic oxidation sites excluding steroid dienone is 2. The van der Waals surface area contributed by atoms with Crippen molar-refractivity contribution < 1.29 is 44.5 Å². The first-order valence-electron chi connectivity index (χ1n) is 10.4. The number of phenolic OH excluding ortho intramolecular Hbond substituents is 2. The van der Waals surface area contributed by atoms with Crippen molar-refractivity contribution in [1.29, 1.82) is 0 Å². The summed E-state index contributed by atoms with van der Waals surface area (Å²) in [6, 6.07) is 9.88. The molecule has 10 heteroatoms. The van der Waals surface area contributed by atoms with Crippen LogP contribution in [0, 0.1) is 0 Å². The maximum atomic E-state index is 12.4. The molecule has 9 nitrogen and oxygen atoms in total. The maximum absolute atomic E-state index is 12.4. The van der Waals surface area contributed by atoms with Crippen LogP contribution in [0.15, 0.2) is 59.1 Å². The first-order chi connectivity index (χ1) is 16.3. The molecule has 0 bridgehead atoms. The number of hydrogen-bond acceptors (Lipinski definition) is 9. The normalized spacial score (nSPS) is 28.6. The van der Waals surface area contributed by atoms with Crippen molar-refractivity contribution in [2.24, 2.45) is 0 Å². The number of ether oxygens (including phenoxy) is 3. The van der Waals surface area contributed by atoms with E-state index in [0.717, 1.165) is 22.2 Å². The van der Waals surface area contributed by atoms with Crippen LogP contribution in [0.3, 0.4) is 0 Å². The minimum Gasteiger partial charge on any atom is -0.508 e. The van der Waals surface area contributed by atoms with Gasteiger partial charge in [0, 0.05) is 16.6 Å². The van der Waals surface area contributed by atoms with Crippen molar-refractivity contribution >= 4 is 28.0 Å². The fourth-order valence-electron chi connectivity index (χ4n) is 4.10. The molecule has 34 heavy (non-hydrogen) atoms. The van der Waals surface area contributed by atoms with Gasteiger partial charge in [-0.25, -0.2) is 4.79 Å². The van der Waals surface area contributed by atoms with Crippen LogP contribution in [-0.4, -0.2) is 62.5 Å². The minimum absolute atomic E-state index is 0.0242. The predicted octanol–water partition coefficient (Wildman–Crippen LogP) is 1.84. The van der Waals surface area contributed by atoms with Gasteiger partial charge in [0.15, 0.2) is 12.2 Å². The highest BCUT2D eigenvalue weighted by Gasteiger charge is 2.61. The van der Waals surface area contributed by atoms with Crippen LogP contribution >= 0.6 is 15.9 Å². The number of aromatic hydroxyl groups is 2. The quantitative estimate of drug-likeness (QED) is 0.220. The molecule has 4 rings (SSSR count). The molecule has 2 aromatic rings. The summed E-state index contributed by atoms with van der Waals surface area (Å²) in [5.41, 5.74) is 1.26. The number of carbonyl (C=O) groups excluding carboxylic acids is 1. The average Bonchev–Trinajstić information content (AvgIpc) is 3.17. The fraction of sp³-hybridized carbons (Fsp3) is 0.292. The van der Waals surface area contributed by atoms with Crippen LogP contribution in [0.2, 0.25) is 0 Å². The third kappa shape index (κ3) is 4.48. The molecule has 1 saturated heterocycles. The van der Waals surface area contributed by atoms with Crippen molar-refractivity contribution in [3.05, 3.63) is 75.8 Å². The Morgan fingerprint density at radius 3 is 2.71 bits per heavy atom. The Morgan fingerprint density at radius 1 is 1.21 bits per heavy atom. The van der Waals surface area contributed by atoms with Crippen LogP contribution in [0.25, 0.3) is 6.08 Å². The largest absolute Gasteiger partial charge is 0.508 e. The van der Waals surface area contributed by atoms with E-state index in [1.807, 2.05) is 24.3 Å². The lowest BCUT2D eigenvalue weighted by atomic mass is 9.87. The van der Waals surface area contributed by atoms with E-state index in [1.54, 1.807) is 12.2 Å². The van der Waals surface area contributed by atoms with Gasteiger partial charge in [-0.3, -0.25) is 0 Å². The van der Waals surface area contributed by atoms with Crippen LogP contribution in [0.1, 0.15) is 16.7 Å². The molecule has 0 unspecified atom stereocenters. The van der Waals surface area contributed by atoms with E-state index in [0.29, 0.717) is 5.56 Å². The standard InChI is InChI=1S/C24H23BrO9/c25-16-7-3-1-5-13(16)6-2-4-8-19(29)33-22-21(30)18(11-26)34-24(23(22)31)20-14(12-32-24)9-15(27)10-17(20)28/h1-10,18,21-23,26-28,30-31H,11-12H2/b6-2+,8-4+/t18-,21-,22+,23-,24+/m1/s1. The molecule has 180 valence electrons. The van der Waals surface area contributed by atoms with Gasteiger partial charge in [0.2, 0.25) is 5.79 Å². The summed E-state index contributed by atoms with van der Waals surface area (Å²) in [6.45, 7) is -0.811. The Balaban J connectivity index is 1.55. The monoisotopic (exact) mass is 534 g/mol. The van der Waals surface area contributed by atoms with Gasteiger partial charge in [0.25, 0.3) is 0 Å². The van der Waals surface area contributed by atoms with Crippen LogP contribution in [-0.2, 0) is 31.4 Å². The lowest BCUT2D eigenvalue weighted by Crippen LogP contribution is -2.64. The van der Waals surface area contributed by atoms with Crippen molar-refractivity contribution in [3.63, 3.8) is 0 Å². The van der Waals surface area contributed by atoms with E-state index < -0.39 is 48.5 Å². The summed E-state index contributed by atoms with van der Waals surface area (Å²) in [4.78, 5) is 12.4. The zero-order chi connectivity index (χ0) is 24.5. The SMILES string of the molecule is O=C(/C=C/C=C/c1ccccc1Br)O[C@H]1[C@H](O)[C@@H](CO)O[C@]2(OCc3cc(O)cc(O)c32)[C@@H]1O. The number of hydrogen-bond donors (Lipinski definition) is 5. The number of aliphatic hydroxyl groups is 3. The molecule has 0 aromatic heterocycles. The van der Waals surface area contributed by atoms with Crippen LogP contribution in [0.4, 0.5) is 0 Å². The third-order valence-electron chi connectivity index (χ3n) is 5.68. The highest BCUT2D eigenvalue weighted by atomic mass is 79.9. The van der Waals surface area contributed by atoms with E-state index in [-0.39, 0.29) is 17.9 Å². The Labute approximate surface area is 203 Å². The van der Waals surface area contributed by atoms with Gasteiger partial charge in [-0.1, -0.05) is 52.4 Å². The van der Waals surface area contributed by atoms with Gasteiger partial charge in [0.1, 0.15) is 23.7 Å². The number of rotatable bonds is 5. The van der Waals surface area contributed by atoms with Crippen molar-refractivity contribution in [3.8, 4) is 11.5 Å². The van der Waals surface area contributed by atoms with E-state index >= 15 is 0 Å². The molecular weight excluding hydrogens is 512 g/mol. The molecule has 0 aliphatic carbocycles. The van der Waals surface area contributed by atoms with Crippen LogP contribution in [0.5, 0.6) is 11.5 Å². The van der Waals surface area contributed by atoms with Gasteiger partial charge in [-0.2, -0.15) is 0 Å². The predicted molar refractivity (Wildman–Crippen MR) is 122 cm³/mol. The third-order valence-corrected chi connectivity index (χ3v) is 6.40. The van der Waals surface area contributed by atoms with E-state index in [4.69, 9.17) is 14.2 Å². The van der Waals surface area contributed by atoms with Gasteiger partial charge in [-0.05, 0) is 23.3 Å². The molecular formula is C24H23BrO9. The number of fused-ring (bicyclic) bond motifs is 2. The summed E-state index contributed by atoms with van der Waals surface area (Å²) in [5.74, 6) is -3.51. The summed E-state index contributed by atoms with van der Waals surface area (Å²) in [5, 5.41) is 51.5. The van der Waals surface area contributed by atoms with Crippen molar-refractivity contribution in [2.45, 2.75) is 36.8 Å². The lowest BCUT2D eigenvalue weighted by molar-refractivity contribution is -0.369. The zero-order valence-corrected chi connectivity index (χ0v) is 19.3. The summed E-state index contributed by atoms with van der Waals surface area (Å²) in [6.07, 6.45) is -0.229. The number of aliphatic hydroxyl groups excluding tert-OH is 3. The first kappa shape index (κ1) is 24.4. The Kier molecular flexibility index (Phi) is 7.08. The average molecular weight is 535 g/mol.